The van der Waals surface area contributed by atoms with Gasteiger partial charge in [0.1, 0.15) is 5.82 Å². The van der Waals surface area contributed by atoms with Crippen LogP contribution < -0.4 is 10.2 Å². The van der Waals surface area contributed by atoms with Crippen molar-refractivity contribution in [2.45, 2.75) is 37.1 Å². The number of nitrogens with zero attached hydrogens (tertiary/aromatic N) is 6. The van der Waals surface area contributed by atoms with Crippen molar-refractivity contribution in [1.29, 1.82) is 0 Å². The van der Waals surface area contributed by atoms with E-state index in [1.165, 1.54) is 18.4 Å². The topological polar surface area (TPSA) is 79.2 Å². The van der Waals surface area contributed by atoms with Gasteiger partial charge < -0.3 is 10.2 Å². The monoisotopic (exact) mass is 493 g/mol. The second-order valence-electron chi connectivity index (χ2n) is 8.94. The van der Waals surface area contributed by atoms with E-state index in [0.717, 1.165) is 29.0 Å². The first-order valence-corrected chi connectivity index (χ1v) is 11.8. The van der Waals surface area contributed by atoms with Crippen molar-refractivity contribution >= 4 is 33.7 Å². The standard InChI is InChI=1S/C23H24BrN7O/c1-29-11-12-30(22(29)32)19-7-10-25-21(27-19)28-23(8-9-23)18-14-31(20(24)26-18)17-4-2-3-16(13-17)15-5-6-15/h2-4,7,10,13-15H,5-6,8-9,11-12H2,1H3,(H,25,27,28). The van der Waals surface area contributed by atoms with Crippen molar-refractivity contribution in [1.82, 2.24) is 24.4 Å². The van der Waals surface area contributed by atoms with Gasteiger partial charge in [0.05, 0.1) is 11.2 Å². The molecule has 164 valence electrons. The summed E-state index contributed by atoms with van der Waals surface area (Å²) in [5, 5.41) is 3.50. The third-order valence-electron chi connectivity index (χ3n) is 6.59. The largest absolute Gasteiger partial charge is 0.343 e. The van der Waals surface area contributed by atoms with E-state index in [-0.39, 0.29) is 11.6 Å². The first-order valence-electron chi connectivity index (χ1n) is 11.0. The molecular formula is C23H24BrN7O. The molecule has 1 aliphatic heterocycles. The van der Waals surface area contributed by atoms with Crippen LogP contribution in [0.25, 0.3) is 5.69 Å². The van der Waals surface area contributed by atoms with Crippen LogP contribution in [0.15, 0.2) is 47.5 Å². The van der Waals surface area contributed by atoms with Crippen molar-refractivity contribution in [2.75, 3.05) is 30.4 Å². The van der Waals surface area contributed by atoms with E-state index in [2.05, 4.69) is 66.2 Å². The van der Waals surface area contributed by atoms with Crippen molar-refractivity contribution < 1.29 is 4.79 Å². The van der Waals surface area contributed by atoms with Crippen LogP contribution in [-0.2, 0) is 5.54 Å². The predicted molar refractivity (Wildman–Crippen MR) is 125 cm³/mol. The van der Waals surface area contributed by atoms with E-state index in [1.807, 2.05) is 0 Å². The summed E-state index contributed by atoms with van der Waals surface area (Å²) in [5.74, 6) is 1.85. The number of hydrogen-bond donors (Lipinski definition) is 1. The van der Waals surface area contributed by atoms with Crippen LogP contribution in [0.3, 0.4) is 0 Å². The zero-order valence-electron chi connectivity index (χ0n) is 17.8. The number of aromatic nitrogens is 4. The quantitative estimate of drug-likeness (QED) is 0.554. The molecule has 3 fully saturated rings. The number of rotatable bonds is 6. The second kappa shape index (κ2) is 7.30. The van der Waals surface area contributed by atoms with Gasteiger partial charge in [-0.3, -0.25) is 9.47 Å². The summed E-state index contributed by atoms with van der Waals surface area (Å²) in [6.07, 6.45) is 8.27. The van der Waals surface area contributed by atoms with Crippen LogP contribution in [0.4, 0.5) is 16.6 Å². The number of anilines is 2. The lowest BCUT2D eigenvalue weighted by Crippen LogP contribution is -2.30. The number of carbonyl (C=O) groups is 1. The summed E-state index contributed by atoms with van der Waals surface area (Å²) >= 11 is 3.65. The highest BCUT2D eigenvalue weighted by atomic mass is 79.9. The SMILES string of the molecule is CN1CCN(c2ccnc(NC3(c4cn(-c5cccc(C6CC6)c5)c(Br)n4)CC3)n2)C1=O. The van der Waals surface area contributed by atoms with Crippen LogP contribution >= 0.6 is 15.9 Å². The maximum Gasteiger partial charge on any atom is 0.325 e. The fourth-order valence-electron chi connectivity index (χ4n) is 4.32. The Balaban J connectivity index is 1.26. The molecule has 1 saturated heterocycles. The maximum absolute atomic E-state index is 12.3. The molecule has 0 unspecified atom stereocenters. The molecule has 0 bridgehead atoms. The highest BCUT2D eigenvalue weighted by molar-refractivity contribution is 9.10. The Labute approximate surface area is 194 Å². The van der Waals surface area contributed by atoms with Gasteiger partial charge in [-0.15, -0.1) is 0 Å². The molecule has 1 N–H and O–H groups in total. The Hall–Kier alpha value is -2.94. The number of hydrogen-bond acceptors (Lipinski definition) is 5. The number of benzene rings is 1. The Bertz CT molecular complexity index is 1200. The number of amides is 2. The summed E-state index contributed by atoms with van der Waals surface area (Å²) in [5.41, 5.74) is 3.20. The van der Waals surface area contributed by atoms with E-state index in [1.54, 1.807) is 29.1 Å². The van der Waals surface area contributed by atoms with E-state index < -0.39 is 0 Å². The Morgan fingerprint density at radius 3 is 2.72 bits per heavy atom. The molecule has 2 amide bonds. The van der Waals surface area contributed by atoms with Gasteiger partial charge in [-0.05, 0) is 71.3 Å². The zero-order valence-corrected chi connectivity index (χ0v) is 19.4. The highest BCUT2D eigenvalue weighted by Gasteiger charge is 2.47. The van der Waals surface area contributed by atoms with Crippen LogP contribution in [0.2, 0.25) is 0 Å². The number of likely N-dealkylation sites (N-methyl/N-ethyl adjacent to an activating group) is 1. The van der Waals surface area contributed by atoms with E-state index in [9.17, 15) is 4.79 Å². The molecule has 3 aromatic rings. The van der Waals surface area contributed by atoms with E-state index in [4.69, 9.17) is 4.98 Å². The Morgan fingerprint density at radius 1 is 1.16 bits per heavy atom. The number of imidazole rings is 1. The first kappa shape index (κ1) is 19.7. The molecular weight excluding hydrogens is 470 g/mol. The molecule has 2 saturated carbocycles. The predicted octanol–water partition coefficient (Wildman–Crippen LogP) is 4.28. The average Bonchev–Trinajstić information content (AvgIpc) is 3.72. The molecule has 32 heavy (non-hydrogen) atoms. The van der Waals surface area contributed by atoms with Crippen LogP contribution in [-0.4, -0.2) is 50.6 Å². The molecule has 0 spiro atoms. The van der Waals surface area contributed by atoms with Gasteiger partial charge in [-0.2, -0.15) is 4.98 Å². The summed E-state index contributed by atoms with van der Waals surface area (Å²) in [7, 11) is 1.80. The van der Waals surface area contributed by atoms with Gasteiger partial charge in [0, 0.05) is 38.2 Å². The second-order valence-corrected chi connectivity index (χ2v) is 9.65. The summed E-state index contributed by atoms with van der Waals surface area (Å²) < 4.78 is 2.88. The van der Waals surface area contributed by atoms with Gasteiger partial charge in [0.25, 0.3) is 0 Å². The van der Waals surface area contributed by atoms with Crippen molar-refractivity contribution in [2.24, 2.45) is 0 Å². The Kier molecular flexibility index (Phi) is 4.50. The Morgan fingerprint density at radius 2 is 2.00 bits per heavy atom. The molecule has 2 aliphatic carbocycles. The van der Waals surface area contributed by atoms with Gasteiger partial charge >= 0.3 is 6.03 Å². The third-order valence-corrected chi connectivity index (χ3v) is 7.14. The minimum atomic E-state index is -0.285. The fraction of sp³-hybridized carbons (Fsp3) is 0.391. The third kappa shape index (κ3) is 3.44. The van der Waals surface area contributed by atoms with Crippen LogP contribution in [0, 0.1) is 0 Å². The lowest BCUT2D eigenvalue weighted by molar-refractivity contribution is 0.229. The van der Waals surface area contributed by atoms with Crippen molar-refractivity contribution in [3.8, 4) is 5.69 Å². The number of carbonyl (C=O) groups excluding carboxylic acids is 1. The molecule has 2 aromatic heterocycles. The highest BCUT2D eigenvalue weighted by Crippen LogP contribution is 2.48. The molecule has 0 atom stereocenters. The zero-order chi connectivity index (χ0) is 21.9. The van der Waals surface area contributed by atoms with Crippen molar-refractivity contribution in [3.05, 3.63) is 58.7 Å². The average molecular weight is 494 g/mol. The van der Waals surface area contributed by atoms with Crippen LogP contribution in [0.5, 0.6) is 0 Å². The van der Waals surface area contributed by atoms with Crippen LogP contribution in [0.1, 0.15) is 42.9 Å². The minimum Gasteiger partial charge on any atom is -0.343 e. The van der Waals surface area contributed by atoms with Crippen molar-refractivity contribution in [3.63, 3.8) is 0 Å². The summed E-state index contributed by atoms with van der Waals surface area (Å²) in [6, 6.07) is 10.5. The fourth-order valence-corrected chi connectivity index (χ4v) is 4.82. The smallest absolute Gasteiger partial charge is 0.325 e. The van der Waals surface area contributed by atoms with E-state index >= 15 is 0 Å². The maximum atomic E-state index is 12.3. The normalized spacial score (nSPS) is 19.5. The summed E-state index contributed by atoms with van der Waals surface area (Å²) in [4.78, 5) is 29.6. The molecule has 1 aromatic carbocycles. The molecule has 9 heteroatoms. The molecule has 0 radical (unpaired) electrons. The summed E-state index contributed by atoms with van der Waals surface area (Å²) in [6.45, 7) is 1.33. The molecule has 6 rings (SSSR count). The number of halogens is 1. The number of urea groups is 1. The van der Waals surface area contributed by atoms with Gasteiger partial charge in [-0.1, -0.05) is 12.1 Å². The molecule has 3 heterocycles. The molecule has 8 nitrogen and oxygen atoms in total. The lowest BCUT2D eigenvalue weighted by Gasteiger charge is -2.18. The number of nitrogens with one attached hydrogen (secondary N) is 1. The lowest BCUT2D eigenvalue weighted by atomic mass is 10.1. The van der Waals surface area contributed by atoms with Gasteiger partial charge in [0.2, 0.25) is 5.95 Å². The van der Waals surface area contributed by atoms with E-state index in [0.29, 0.717) is 30.8 Å². The molecule has 3 aliphatic rings. The first-order chi connectivity index (χ1) is 15.5. The van der Waals surface area contributed by atoms with Gasteiger partial charge in [-0.25, -0.2) is 14.8 Å². The minimum absolute atomic E-state index is 0.0353. The van der Waals surface area contributed by atoms with Gasteiger partial charge in [0.15, 0.2) is 4.73 Å².